The Morgan fingerprint density at radius 2 is 1.44 bits per heavy atom. The monoisotopic (exact) mass is 829 g/mol. The molecule has 1 N–H and O–H groups in total. The van der Waals surface area contributed by atoms with Crippen molar-refractivity contribution in [3.05, 3.63) is 157 Å². The Morgan fingerprint density at radius 1 is 0.796 bits per heavy atom. The van der Waals surface area contributed by atoms with Crippen molar-refractivity contribution in [1.82, 2.24) is 5.32 Å². The molecular weight excluding hydrogens is 789 g/mol. The minimum atomic E-state index is -0.769. The zero-order valence-electron chi connectivity index (χ0n) is 30.2. The molecule has 1 saturated heterocycles. The summed E-state index contributed by atoms with van der Waals surface area (Å²) in [5.74, 6) is -0.191. The van der Waals surface area contributed by atoms with Crippen LogP contribution >= 0.6 is 22.6 Å². The van der Waals surface area contributed by atoms with Gasteiger partial charge >= 0.3 is 6.03 Å². The second-order valence-electron chi connectivity index (χ2n) is 14.0. The lowest BCUT2D eigenvalue weighted by molar-refractivity contribution is -0.122. The van der Waals surface area contributed by atoms with Crippen LogP contribution in [-0.2, 0) is 16.2 Å². The van der Waals surface area contributed by atoms with Crippen LogP contribution in [0.2, 0.25) is 0 Å². The van der Waals surface area contributed by atoms with Crippen LogP contribution in [0.25, 0.3) is 6.08 Å². The lowest BCUT2D eigenvalue weighted by atomic mass is 9.76. The number of barbiturate groups is 1. The van der Waals surface area contributed by atoms with Gasteiger partial charge in [0, 0.05) is 30.6 Å². The van der Waals surface area contributed by atoms with E-state index in [-0.39, 0.29) is 17.4 Å². The van der Waals surface area contributed by atoms with E-state index in [2.05, 4.69) is 87.4 Å². The van der Waals surface area contributed by atoms with Crippen molar-refractivity contribution < 1.29 is 23.9 Å². The van der Waals surface area contributed by atoms with Gasteiger partial charge in [0.25, 0.3) is 11.8 Å². The predicted octanol–water partition coefficient (Wildman–Crippen LogP) is 9.12. The van der Waals surface area contributed by atoms with Gasteiger partial charge < -0.3 is 14.4 Å². The van der Waals surface area contributed by atoms with E-state index < -0.39 is 17.8 Å². The fourth-order valence-corrected chi connectivity index (χ4v) is 8.84. The molecule has 0 aromatic heterocycles. The van der Waals surface area contributed by atoms with E-state index in [4.69, 9.17) is 9.47 Å². The number of benzene rings is 5. The van der Waals surface area contributed by atoms with E-state index in [9.17, 15) is 14.4 Å². The summed E-state index contributed by atoms with van der Waals surface area (Å²) in [6, 6.07) is 35.7. The molecule has 0 spiro atoms. The molecule has 272 valence electrons. The first-order chi connectivity index (χ1) is 26.3. The zero-order valence-corrected chi connectivity index (χ0v) is 32.3. The van der Waals surface area contributed by atoms with Crippen molar-refractivity contribution in [3.63, 3.8) is 0 Å². The Labute approximate surface area is 328 Å². The molecule has 3 heterocycles. The van der Waals surface area contributed by atoms with Crippen LogP contribution in [0.4, 0.5) is 16.2 Å². The maximum atomic E-state index is 14.5. The van der Waals surface area contributed by atoms with Crippen LogP contribution in [0.1, 0.15) is 70.5 Å². The molecule has 3 aliphatic rings. The van der Waals surface area contributed by atoms with Crippen molar-refractivity contribution in [2.45, 2.75) is 45.1 Å². The average Bonchev–Trinajstić information content (AvgIpc) is 3.17. The maximum Gasteiger partial charge on any atom is 0.335 e. The number of ether oxygens (including phenoxy) is 2. The molecule has 1 fully saturated rings. The summed E-state index contributed by atoms with van der Waals surface area (Å²) in [7, 11) is 0. The van der Waals surface area contributed by atoms with Gasteiger partial charge in [-0.05, 0) is 113 Å². The Morgan fingerprint density at radius 3 is 2.06 bits per heavy atom. The molecule has 8 nitrogen and oxygen atoms in total. The Balaban J connectivity index is 1.19. The second kappa shape index (κ2) is 15.1. The van der Waals surface area contributed by atoms with Gasteiger partial charge in [0.2, 0.25) is 0 Å². The number of nitrogens with zero attached hydrogens (tertiary/aromatic N) is 2. The van der Waals surface area contributed by atoms with E-state index in [1.54, 1.807) is 6.07 Å². The first-order valence-corrected chi connectivity index (χ1v) is 19.5. The number of imide groups is 2. The zero-order chi connectivity index (χ0) is 37.3. The van der Waals surface area contributed by atoms with E-state index in [0.717, 1.165) is 56.7 Å². The topological polar surface area (TPSA) is 88.2 Å². The van der Waals surface area contributed by atoms with Gasteiger partial charge in [0.15, 0.2) is 11.5 Å². The summed E-state index contributed by atoms with van der Waals surface area (Å²) in [5, 5.41) is 2.45. The first-order valence-electron chi connectivity index (χ1n) is 18.4. The lowest BCUT2D eigenvalue weighted by Crippen LogP contribution is -2.54. The number of carbonyl (C=O) groups excluding carboxylic acids is 3. The summed E-state index contributed by atoms with van der Waals surface area (Å²) in [6.07, 6.45) is 3.34. The number of hydrogen-bond acceptors (Lipinski definition) is 6. The molecule has 8 rings (SSSR count). The van der Waals surface area contributed by atoms with Crippen LogP contribution in [0.15, 0.2) is 115 Å². The maximum absolute atomic E-state index is 14.5. The van der Waals surface area contributed by atoms with Gasteiger partial charge in [-0.1, -0.05) is 90.5 Å². The fourth-order valence-electron chi connectivity index (χ4n) is 8.06. The van der Waals surface area contributed by atoms with Crippen LogP contribution in [0.5, 0.6) is 11.5 Å². The van der Waals surface area contributed by atoms with Crippen molar-refractivity contribution in [3.8, 4) is 11.5 Å². The standard InChI is InChI=1S/C45H40IN3O5/c1-3-53-40-24-30(23-39(46)42(40)54-27-29-12-10-11-28(2)21-29)22-38-43(50)47-45(52)49(44(38)51)33-25-36-34(31-13-6-4-7-14-31)17-19-48-20-18-35(37(26-33)41(36)48)32-15-8-5-9-16-32/h4-16,21-26,34-35H,3,17-20,27H2,1-2H3,(H,47,50,52)/b38-22+/t34-,35+. The third-order valence-electron chi connectivity index (χ3n) is 10.5. The molecule has 5 aromatic rings. The SMILES string of the molecule is CCOc1cc(/C=C2\C(=O)NC(=O)N(c3cc4c5c(c3)[C@H](c3ccccc3)CCN5CC[C@@H]4c3ccccc3)C2=O)cc(I)c1OCc1cccc(C)c1. The van der Waals surface area contributed by atoms with E-state index >= 15 is 0 Å². The molecule has 0 radical (unpaired) electrons. The van der Waals surface area contributed by atoms with Crippen molar-refractivity contribution in [1.29, 1.82) is 0 Å². The second-order valence-corrected chi connectivity index (χ2v) is 15.1. The summed E-state index contributed by atoms with van der Waals surface area (Å²) >= 11 is 2.18. The van der Waals surface area contributed by atoms with Crippen molar-refractivity contribution in [2.75, 3.05) is 29.5 Å². The molecule has 0 bridgehead atoms. The summed E-state index contributed by atoms with van der Waals surface area (Å²) in [6.45, 7) is 6.51. The molecule has 0 unspecified atom stereocenters. The minimum Gasteiger partial charge on any atom is -0.490 e. The first kappa shape index (κ1) is 35.6. The van der Waals surface area contributed by atoms with Crippen molar-refractivity contribution in [2.24, 2.45) is 0 Å². The number of carbonyl (C=O) groups is 3. The highest BCUT2D eigenvalue weighted by Gasteiger charge is 2.40. The normalized spacial score (nSPS) is 18.7. The quantitative estimate of drug-likeness (QED) is 0.0907. The smallest absolute Gasteiger partial charge is 0.335 e. The van der Waals surface area contributed by atoms with E-state index in [1.165, 1.54) is 22.9 Å². The summed E-state index contributed by atoms with van der Waals surface area (Å²) < 4.78 is 13.0. The number of halogens is 1. The number of rotatable bonds is 9. The lowest BCUT2D eigenvalue weighted by Gasteiger charge is -2.44. The van der Waals surface area contributed by atoms with Gasteiger partial charge in [-0.25, -0.2) is 9.69 Å². The largest absolute Gasteiger partial charge is 0.490 e. The van der Waals surface area contributed by atoms with Gasteiger partial charge in [0.1, 0.15) is 12.2 Å². The van der Waals surface area contributed by atoms with E-state index in [1.807, 2.05) is 62.4 Å². The molecule has 0 saturated carbocycles. The van der Waals surface area contributed by atoms with Crippen LogP contribution < -0.4 is 24.6 Å². The molecule has 2 atom stereocenters. The number of anilines is 2. The molecule has 4 amide bonds. The van der Waals surface area contributed by atoms with Gasteiger partial charge in [-0.15, -0.1) is 0 Å². The molecular formula is C45H40IN3O5. The summed E-state index contributed by atoms with van der Waals surface area (Å²) in [4.78, 5) is 45.2. The van der Waals surface area contributed by atoms with Gasteiger partial charge in [0.05, 0.1) is 15.9 Å². The minimum absolute atomic E-state index is 0.0796. The number of hydrogen-bond donors (Lipinski definition) is 1. The highest BCUT2D eigenvalue weighted by atomic mass is 127. The van der Waals surface area contributed by atoms with Gasteiger partial charge in [-0.3, -0.25) is 14.9 Å². The number of amides is 4. The average molecular weight is 830 g/mol. The molecule has 54 heavy (non-hydrogen) atoms. The Bertz CT molecular complexity index is 2220. The third kappa shape index (κ3) is 6.88. The van der Waals surface area contributed by atoms with Crippen LogP contribution in [0, 0.1) is 10.5 Å². The van der Waals surface area contributed by atoms with Crippen LogP contribution in [-0.4, -0.2) is 37.5 Å². The summed E-state index contributed by atoms with van der Waals surface area (Å²) in [5.41, 5.74) is 8.77. The molecule has 3 aliphatic heterocycles. The number of nitrogens with one attached hydrogen (secondary N) is 1. The van der Waals surface area contributed by atoms with Crippen LogP contribution in [0.3, 0.4) is 0 Å². The molecule has 9 heteroatoms. The third-order valence-corrected chi connectivity index (χ3v) is 11.3. The molecule has 5 aromatic carbocycles. The Kier molecular flexibility index (Phi) is 9.98. The highest BCUT2D eigenvalue weighted by Crippen LogP contribution is 2.50. The van der Waals surface area contributed by atoms with Crippen molar-refractivity contribution >= 4 is 57.9 Å². The van der Waals surface area contributed by atoms with E-state index in [0.29, 0.717) is 36.0 Å². The number of urea groups is 1. The Hall–Kier alpha value is -5.42. The highest BCUT2D eigenvalue weighted by molar-refractivity contribution is 14.1. The fraction of sp³-hybridized carbons (Fsp3) is 0.222. The molecule has 0 aliphatic carbocycles. The number of aryl methyl sites for hydroxylation is 1. The predicted molar refractivity (Wildman–Crippen MR) is 219 cm³/mol. The van der Waals surface area contributed by atoms with Gasteiger partial charge in [-0.2, -0.15) is 0 Å².